The van der Waals surface area contributed by atoms with E-state index in [9.17, 15) is 0 Å². The molecule has 0 aromatic heterocycles. The van der Waals surface area contributed by atoms with Crippen LogP contribution in [0.15, 0.2) is 29.2 Å². The zero-order valence-electron chi connectivity index (χ0n) is 11.4. The number of rotatable bonds is 6. The number of benzene rings is 1. The Labute approximate surface area is 115 Å². The van der Waals surface area contributed by atoms with Crippen molar-refractivity contribution < 1.29 is 0 Å². The molecule has 1 atom stereocenters. The minimum Gasteiger partial charge on any atom is -0.323 e. The summed E-state index contributed by atoms with van der Waals surface area (Å²) >= 11 is 1.88. The molecule has 0 heterocycles. The Kier molecular flexibility index (Phi) is 4.71. The summed E-state index contributed by atoms with van der Waals surface area (Å²) in [7, 11) is 2.02. The molecule has 0 spiro atoms. The van der Waals surface area contributed by atoms with Gasteiger partial charge in [-0.25, -0.2) is 0 Å². The van der Waals surface area contributed by atoms with E-state index in [0.717, 1.165) is 12.3 Å². The molecule has 1 saturated carbocycles. The Bertz CT molecular complexity index is 371. The summed E-state index contributed by atoms with van der Waals surface area (Å²) in [5.41, 5.74) is 8.07. The van der Waals surface area contributed by atoms with Gasteiger partial charge >= 0.3 is 0 Å². The fraction of sp³-hybridized carbons (Fsp3) is 0.600. The summed E-state index contributed by atoms with van der Waals surface area (Å²) in [6, 6.07) is 8.99. The Morgan fingerprint density at radius 3 is 2.44 bits per heavy atom. The molecular formula is C15H24N2S. The van der Waals surface area contributed by atoms with E-state index in [2.05, 4.69) is 36.5 Å². The van der Waals surface area contributed by atoms with Crippen LogP contribution >= 0.6 is 11.8 Å². The van der Waals surface area contributed by atoms with Gasteiger partial charge in [0.2, 0.25) is 0 Å². The largest absolute Gasteiger partial charge is 0.323 e. The fourth-order valence-corrected chi connectivity index (χ4v) is 3.53. The average Bonchev–Trinajstić information content (AvgIpc) is 2.34. The SMILES string of the molecule is CCSc1ccc(C(N)C2(CNC)CCC2)cc1. The quantitative estimate of drug-likeness (QED) is 0.775. The van der Waals surface area contributed by atoms with E-state index in [1.807, 2.05) is 18.8 Å². The monoisotopic (exact) mass is 264 g/mol. The van der Waals surface area contributed by atoms with E-state index in [4.69, 9.17) is 5.73 Å². The van der Waals surface area contributed by atoms with Crippen LogP contribution in [0, 0.1) is 5.41 Å². The van der Waals surface area contributed by atoms with Crippen LogP contribution in [0.5, 0.6) is 0 Å². The predicted molar refractivity (Wildman–Crippen MR) is 80.0 cm³/mol. The number of nitrogens with one attached hydrogen (secondary N) is 1. The highest BCUT2D eigenvalue weighted by Gasteiger charge is 2.42. The molecule has 0 saturated heterocycles. The smallest absolute Gasteiger partial charge is 0.0364 e. The van der Waals surface area contributed by atoms with Crippen LogP contribution in [0.2, 0.25) is 0 Å². The Hall–Kier alpha value is -0.510. The molecule has 1 fully saturated rings. The maximum atomic E-state index is 6.50. The van der Waals surface area contributed by atoms with Gasteiger partial charge in [0.15, 0.2) is 0 Å². The summed E-state index contributed by atoms with van der Waals surface area (Å²) in [5.74, 6) is 1.12. The van der Waals surface area contributed by atoms with E-state index in [-0.39, 0.29) is 11.5 Å². The molecule has 2 nitrogen and oxygen atoms in total. The molecule has 3 N–H and O–H groups in total. The zero-order valence-corrected chi connectivity index (χ0v) is 12.2. The molecule has 1 aliphatic carbocycles. The summed E-state index contributed by atoms with van der Waals surface area (Å²) in [4.78, 5) is 1.34. The van der Waals surface area contributed by atoms with Gasteiger partial charge in [-0.3, -0.25) is 0 Å². The van der Waals surface area contributed by atoms with Crippen LogP contribution in [0.1, 0.15) is 37.8 Å². The number of hydrogen-bond acceptors (Lipinski definition) is 3. The van der Waals surface area contributed by atoms with Gasteiger partial charge in [0.25, 0.3) is 0 Å². The molecule has 0 aliphatic heterocycles. The first-order valence-corrected chi connectivity index (χ1v) is 7.83. The van der Waals surface area contributed by atoms with Crippen molar-refractivity contribution in [1.29, 1.82) is 0 Å². The van der Waals surface area contributed by atoms with Crippen LogP contribution in [0.3, 0.4) is 0 Å². The lowest BCUT2D eigenvalue weighted by molar-refractivity contribution is 0.0947. The normalized spacial score (nSPS) is 19.3. The molecule has 100 valence electrons. The molecule has 1 aliphatic rings. The van der Waals surface area contributed by atoms with E-state index in [0.29, 0.717) is 0 Å². The summed E-state index contributed by atoms with van der Waals surface area (Å²) in [5, 5.41) is 3.31. The summed E-state index contributed by atoms with van der Waals surface area (Å²) in [6.45, 7) is 3.21. The van der Waals surface area contributed by atoms with Gasteiger partial charge in [-0.2, -0.15) is 0 Å². The molecule has 18 heavy (non-hydrogen) atoms. The first-order valence-electron chi connectivity index (χ1n) is 6.85. The lowest BCUT2D eigenvalue weighted by Gasteiger charge is -2.46. The van der Waals surface area contributed by atoms with Gasteiger partial charge in [0.1, 0.15) is 0 Å². The van der Waals surface area contributed by atoms with Gasteiger partial charge in [-0.1, -0.05) is 25.5 Å². The summed E-state index contributed by atoms with van der Waals surface area (Å²) < 4.78 is 0. The topological polar surface area (TPSA) is 38.0 Å². The fourth-order valence-electron chi connectivity index (χ4n) is 2.87. The zero-order chi connectivity index (χ0) is 13.0. The average molecular weight is 264 g/mol. The van der Waals surface area contributed by atoms with Crippen molar-refractivity contribution in [3.05, 3.63) is 29.8 Å². The van der Waals surface area contributed by atoms with Gasteiger partial charge in [0.05, 0.1) is 0 Å². The van der Waals surface area contributed by atoms with Gasteiger partial charge in [0, 0.05) is 22.9 Å². The van der Waals surface area contributed by atoms with Crippen molar-refractivity contribution in [2.45, 2.75) is 37.1 Å². The van der Waals surface area contributed by atoms with Crippen molar-refractivity contribution >= 4 is 11.8 Å². The maximum absolute atomic E-state index is 6.50. The maximum Gasteiger partial charge on any atom is 0.0364 e. The number of thioether (sulfide) groups is 1. The standard InChI is InChI=1S/C15H24N2S/c1-3-18-13-7-5-12(6-8-13)14(16)15(11-17-2)9-4-10-15/h5-8,14,17H,3-4,9-11,16H2,1-2H3. The molecular weight excluding hydrogens is 240 g/mol. The molecule has 2 rings (SSSR count). The number of nitrogens with two attached hydrogens (primary N) is 1. The number of hydrogen-bond donors (Lipinski definition) is 2. The molecule has 1 aromatic rings. The van der Waals surface area contributed by atoms with Crippen molar-refractivity contribution in [3.63, 3.8) is 0 Å². The Morgan fingerprint density at radius 2 is 2.00 bits per heavy atom. The van der Waals surface area contributed by atoms with Crippen molar-refractivity contribution in [3.8, 4) is 0 Å². The lowest BCUT2D eigenvalue weighted by atomic mass is 9.62. The van der Waals surface area contributed by atoms with Crippen LogP contribution in [0.4, 0.5) is 0 Å². The van der Waals surface area contributed by atoms with Crippen LogP contribution < -0.4 is 11.1 Å². The third-order valence-electron chi connectivity index (χ3n) is 4.09. The second-order valence-corrected chi connectivity index (χ2v) is 6.56. The Morgan fingerprint density at radius 1 is 1.33 bits per heavy atom. The van der Waals surface area contributed by atoms with Crippen molar-refractivity contribution in [2.24, 2.45) is 11.1 Å². The van der Waals surface area contributed by atoms with E-state index in [1.54, 1.807) is 0 Å². The molecule has 1 unspecified atom stereocenters. The van der Waals surface area contributed by atoms with Gasteiger partial charge in [-0.05, 0) is 43.3 Å². The highest BCUT2D eigenvalue weighted by Crippen LogP contribution is 2.48. The molecule has 1 aromatic carbocycles. The first-order chi connectivity index (χ1) is 8.72. The minimum absolute atomic E-state index is 0.166. The highest BCUT2D eigenvalue weighted by atomic mass is 32.2. The van der Waals surface area contributed by atoms with Gasteiger partial charge in [-0.15, -0.1) is 11.8 Å². The van der Waals surface area contributed by atoms with Gasteiger partial charge < -0.3 is 11.1 Å². The van der Waals surface area contributed by atoms with E-state index in [1.165, 1.54) is 29.7 Å². The molecule has 0 radical (unpaired) electrons. The van der Waals surface area contributed by atoms with Crippen molar-refractivity contribution in [2.75, 3.05) is 19.3 Å². The molecule has 3 heteroatoms. The third kappa shape index (κ3) is 2.73. The van der Waals surface area contributed by atoms with Crippen LogP contribution in [-0.2, 0) is 0 Å². The minimum atomic E-state index is 0.166. The van der Waals surface area contributed by atoms with Crippen LogP contribution in [0.25, 0.3) is 0 Å². The van der Waals surface area contributed by atoms with Crippen molar-refractivity contribution in [1.82, 2.24) is 5.32 Å². The van der Waals surface area contributed by atoms with E-state index >= 15 is 0 Å². The highest BCUT2D eigenvalue weighted by molar-refractivity contribution is 7.99. The lowest BCUT2D eigenvalue weighted by Crippen LogP contribution is -2.46. The van der Waals surface area contributed by atoms with Crippen LogP contribution in [-0.4, -0.2) is 19.3 Å². The van der Waals surface area contributed by atoms with E-state index < -0.39 is 0 Å². The first kappa shape index (κ1) is 13.9. The second-order valence-electron chi connectivity index (χ2n) is 5.23. The molecule has 0 amide bonds. The Balaban J connectivity index is 2.10. The molecule has 0 bridgehead atoms. The predicted octanol–water partition coefficient (Wildman–Crippen LogP) is 3.19. The second kappa shape index (κ2) is 6.09. The third-order valence-corrected chi connectivity index (χ3v) is 4.98. The summed E-state index contributed by atoms with van der Waals surface area (Å²) in [6.07, 6.45) is 3.82.